The van der Waals surface area contributed by atoms with Gasteiger partial charge in [0.15, 0.2) is 0 Å². The molecule has 2 aromatic rings. The third-order valence-electron chi connectivity index (χ3n) is 2.50. The molecule has 2 rings (SSSR count). The van der Waals surface area contributed by atoms with Gasteiger partial charge in [0.05, 0.1) is 10.2 Å². The van der Waals surface area contributed by atoms with Crippen LogP contribution in [0.15, 0.2) is 12.1 Å². The predicted molar refractivity (Wildman–Crippen MR) is 81.2 cm³/mol. The van der Waals surface area contributed by atoms with Crippen LogP contribution in [0.5, 0.6) is 0 Å². The monoisotopic (exact) mass is 308 g/mol. The fourth-order valence-electron chi connectivity index (χ4n) is 1.76. The summed E-state index contributed by atoms with van der Waals surface area (Å²) in [6.07, 6.45) is -0.687. The van der Waals surface area contributed by atoms with E-state index in [0.29, 0.717) is 15.9 Å². The quantitative estimate of drug-likeness (QED) is 0.884. The second kappa shape index (κ2) is 5.33. The van der Waals surface area contributed by atoms with E-state index in [1.54, 1.807) is 39.8 Å². The summed E-state index contributed by atoms with van der Waals surface area (Å²) in [5, 5.41) is 12.1. The summed E-state index contributed by atoms with van der Waals surface area (Å²) in [6, 6.07) is 3.58. The Bertz CT molecular complexity index is 716. The van der Waals surface area contributed by atoms with Crippen LogP contribution in [-0.2, 0) is 4.74 Å². The number of aryl methyl sites for hydroxylation is 1. The Morgan fingerprint density at radius 2 is 2.00 bits per heavy atom. The van der Waals surface area contributed by atoms with Crippen molar-refractivity contribution >= 4 is 38.6 Å². The van der Waals surface area contributed by atoms with Crippen molar-refractivity contribution in [2.24, 2.45) is 0 Å². The number of thiophene rings is 1. The molecule has 2 heterocycles. The summed E-state index contributed by atoms with van der Waals surface area (Å²) in [7, 11) is 0. The molecule has 6 nitrogen and oxygen atoms in total. The van der Waals surface area contributed by atoms with Gasteiger partial charge >= 0.3 is 12.1 Å². The van der Waals surface area contributed by atoms with Gasteiger partial charge in [-0.2, -0.15) is 0 Å². The van der Waals surface area contributed by atoms with Crippen LogP contribution in [0, 0.1) is 6.92 Å². The first-order valence-electron chi connectivity index (χ1n) is 6.31. The number of aromatic nitrogens is 1. The van der Waals surface area contributed by atoms with Crippen LogP contribution in [0.1, 0.15) is 36.8 Å². The number of anilines is 1. The third kappa shape index (κ3) is 3.49. The number of carboxylic acid groups (broad SMARTS) is 1. The van der Waals surface area contributed by atoms with Gasteiger partial charge in [0.2, 0.25) is 0 Å². The van der Waals surface area contributed by atoms with Gasteiger partial charge < -0.3 is 9.84 Å². The first-order chi connectivity index (χ1) is 9.67. The number of nitrogens with one attached hydrogen (secondary N) is 1. The minimum atomic E-state index is -1.13. The summed E-state index contributed by atoms with van der Waals surface area (Å²) < 4.78 is 5.84. The lowest BCUT2D eigenvalue weighted by Crippen LogP contribution is -2.27. The number of carbonyl (C=O) groups is 2. The number of amides is 1. The molecule has 0 aliphatic rings. The van der Waals surface area contributed by atoms with Crippen molar-refractivity contribution in [3.63, 3.8) is 0 Å². The van der Waals surface area contributed by atoms with E-state index in [-0.39, 0.29) is 10.6 Å². The summed E-state index contributed by atoms with van der Waals surface area (Å²) in [6.45, 7) is 6.99. The van der Waals surface area contributed by atoms with E-state index in [4.69, 9.17) is 4.74 Å². The average molecular weight is 308 g/mol. The number of fused-ring (bicyclic) bond motifs is 1. The summed E-state index contributed by atoms with van der Waals surface area (Å²) in [5.74, 6) is -1.13. The second-order valence-electron chi connectivity index (χ2n) is 5.54. The number of ether oxygens (including phenoxy) is 1. The van der Waals surface area contributed by atoms with E-state index >= 15 is 0 Å². The Kier molecular flexibility index (Phi) is 3.87. The van der Waals surface area contributed by atoms with Crippen molar-refractivity contribution in [1.82, 2.24) is 4.98 Å². The van der Waals surface area contributed by atoms with E-state index in [9.17, 15) is 14.7 Å². The smallest absolute Gasteiger partial charge is 0.412 e. The van der Waals surface area contributed by atoms with Crippen LogP contribution >= 0.6 is 11.3 Å². The number of hydrogen-bond donors (Lipinski definition) is 2. The molecule has 0 spiro atoms. The van der Waals surface area contributed by atoms with Crippen molar-refractivity contribution < 1.29 is 19.4 Å². The maximum Gasteiger partial charge on any atom is 0.412 e. The van der Waals surface area contributed by atoms with E-state index in [0.717, 1.165) is 11.3 Å². The lowest BCUT2D eigenvalue weighted by atomic mass is 10.2. The van der Waals surface area contributed by atoms with Gasteiger partial charge in [-0.3, -0.25) is 10.3 Å². The van der Waals surface area contributed by atoms with Crippen LogP contribution in [0.25, 0.3) is 10.2 Å². The molecule has 0 aliphatic heterocycles. The molecule has 0 unspecified atom stereocenters. The van der Waals surface area contributed by atoms with Gasteiger partial charge in [-0.05, 0) is 39.8 Å². The highest BCUT2D eigenvalue weighted by molar-refractivity contribution is 7.23. The van der Waals surface area contributed by atoms with Gasteiger partial charge in [-0.15, -0.1) is 11.3 Å². The molecule has 2 N–H and O–H groups in total. The summed E-state index contributed by atoms with van der Waals surface area (Å²) >= 11 is 1.16. The van der Waals surface area contributed by atoms with Gasteiger partial charge in [-0.1, -0.05) is 0 Å². The standard InChI is InChI=1S/C14H16N2O4S/c1-7-5-6-8-10(15-7)9(12(17)18)11(21-8)16-13(19)20-14(2,3)4/h5-6H,1-4H3,(H,16,19)(H,17,18). The van der Waals surface area contributed by atoms with Gasteiger partial charge in [-0.25, -0.2) is 9.59 Å². The van der Waals surface area contributed by atoms with Crippen LogP contribution < -0.4 is 5.32 Å². The molecule has 0 radical (unpaired) electrons. The fourth-order valence-corrected chi connectivity index (χ4v) is 2.78. The molecule has 0 bridgehead atoms. The molecule has 7 heteroatoms. The van der Waals surface area contributed by atoms with Crippen molar-refractivity contribution in [1.29, 1.82) is 0 Å². The normalized spacial score (nSPS) is 11.4. The number of rotatable bonds is 2. The predicted octanol–water partition coefficient (Wildman–Crippen LogP) is 3.65. The highest BCUT2D eigenvalue weighted by atomic mass is 32.1. The maximum absolute atomic E-state index is 11.8. The fraction of sp³-hybridized carbons (Fsp3) is 0.357. The minimum Gasteiger partial charge on any atom is -0.478 e. The van der Waals surface area contributed by atoms with Crippen LogP contribution in [-0.4, -0.2) is 27.8 Å². The van der Waals surface area contributed by atoms with Crippen LogP contribution in [0.2, 0.25) is 0 Å². The molecular formula is C14H16N2O4S. The minimum absolute atomic E-state index is 0.00967. The molecule has 0 atom stereocenters. The van der Waals surface area contributed by atoms with Crippen molar-refractivity contribution in [3.8, 4) is 0 Å². The molecule has 0 aromatic carbocycles. The largest absolute Gasteiger partial charge is 0.478 e. The molecule has 21 heavy (non-hydrogen) atoms. The molecule has 0 fully saturated rings. The number of carboxylic acids is 1. The molecule has 112 valence electrons. The first kappa shape index (κ1) is 15.2. The zero-order valence-corrected chi connectivity index (χ0v) is 13.0. The van der Waals surface area contributed by atoms with Crippen molar-refractivity contribution in [2.75, 3.05) is 5.32 Å². The van der Waals surface area contributed by atoms with E-state index < -0.39 is 17.7 Å². The summed E-state index contributed by atoms with van der Waals surface area (Å²) in [5.41, 5.74) is 0.425. The average Bonchev–Trinajstić information content (AvgIpc) is 2.63. The van der Waals surface area contributed by atoms with Gasteiger partial charge in [0.25, 0.3) is 0 Å². The Balaban J connectivity index is 2.42. The SMILES string of the molecule is Cc1ccc2sc(NC(=O)OC(C)(C)C)c(C(=O)O)c2n1. The zero-order valence-electron chi connectivity index (χ0n) is 12.2. The summed E-state index contributed by atoms with van der Waals surface area (Å²) in [4.78, 5) is 27.5. The molecular weight excluding hydrogens is 292 g/mol. The highest BCUT2D eigenvalue weighted by Crippen LogP contribution is 2.35. The van der Waals surface area contributed by atoms with E-state index in [1.165, 1.54) is 0 Å². The Morgan fingerprint density at radius 1 is 1.33 bits per heavy atom. The van der Waals surface area contributed by atoms with Crippen LogP contribution in [0.4, 0.5) is 9.80 Å². The van der Waals surface area contributed by atoms with Gasteiger partial charge in [0, 0.05) is 5.69 Å². The van der Waals surface area contributed by atoms with Crippen molar-refractivity contribution in [3.05, 3.63) is 23.4 Å². The topological polar surface area (TPSA) is 88.5 Å². The Labute approximate surface area is 125 Å². The maximum atomic E-state index is 11.8. The number of nitrogens with zero attached hydrogens (tertiary/aromatic N) is 1. The molecule has 1 amide bonds. The van der Waals surface area contributed by atoms with E-state index in [2.05, 4.69) is 10.3 Å². The Morgan fingerprint density at radius 3 is 2.57 bits per heavy atom. The molecule has 0 saturated heterocycles. The van der Waals surface area contributed by atoms with Gasteiger partial charge in [0.1, 0.15) is 16.2 Å². The number of carbonyl (C=O) groups excluding carboxylic acids is 1. The van der Waals surface area contributed by atoms with Crippen LogP contribution in [0.3, 0.4) is 0 Å². The third-order valence-corrected chi connectivity index (χ3v) is 3.56. The zero-order chi connectivity index (χ0) is 15.8. The van der Waals surface area contributed by atoms with E-state index in [1.807, 2.05) is 0 Å². The number of aromatic carboxylic acids is 1. The second-order valence-corrected chi connectivity index (χ2v) is 6.59. The molecule has 0 saturated carbocycles. The lowest BCUT2D eigenvalue weighted by Gasteiger charge is -2.19. The molecule has 0 aliphatic carbocycles. The number of pyridine rings is 1. The first-order valence-corrected chi connectivity index (χ1v) is 7.12. The lowest BCUT2D eigenvalue weighted by molar-refractivity contribution is 0.0636. The number of hydrogen-bond acceptors (Lipinski definition) is 5. The Hall–Kier alpha value is -2.15. The molecule has 2 aromatic heterocycles. The van der Waals surface area contributed by atoms with Crippen molar-refractivity contribution in [2.45, 2.75) is 33.3 Å². The highest BCUT2D eigenvalue weighted by Gasteiger charge is 2.23.